The quantitative estimate of drug-likeness (QED) is 0.0204. The van der Waals surface area contributed by atoms with Crippen LogP contribution in [0.15, 0.2) is 85.1 Å². The molecule has 444 valence electrons. The summed E-state index contributed by atoms with van der Waals surface area (Å²) >= 11 is 0. The van der Waals surface area contributed by atoms with E-state index >= 15 is 0 Å². The van der Waals surface area contributed by atoms with Gasteiger partial charge in [-0.2, -0.15) is 0 Å². The number of allylic oxidation sites excluding steroid dienone is 13. The molecule has 2 fully saturated rings. The molecule has 12 unspecified atom stereocenters. The Hall–Kier alpha value is -2.83. The fraction of sp³-hybridized carbons (Fsp3) is 0.762. The Morgan fingerprint density at radius 3 is 1.43 bits per heavy atom. The van der Waals surface area contributed by atoms with Gasteiger partial charge in [-0.15, -0.1) is 0 Å². The van der Waals surface area contributed by atoms with Crippen molar-refractivity contribution in [3.05, 3.63) is 85.1 Å². The van der Waals surface area contributed by atoms with Crippen LogP contribution in [0.5, 0.6) is 0 Å². The second-order valence-electron chi connectivity index (χ2n) is 21.1. The summed E-state index contributed by atoms with van der Waals surface area (Å²) in [6.07, 6.45) is 47.8. The van der Waals surface area contributed by atoms with E-state index in [-0.39, 0.29) is 18.9 Å². The first-order chi connectivity index (χ1) is 37.6. The predicted molar refractivity (Wildman–Crippen MR) is 309 cm³/mol. The lowest BCUT2D eigenvalue weighted by molar-refractivity contribution is -0.359. The third-order valence-corrected chi connectivity index (χ3v) is 14.3. The van der Waals surface area contributed by atoms with Crippen LogP contribution in [0.25, 0.3) is 0 Å². The second-order valence-corrected chi connectivity index (χ2v) is 21.1. The average molecular weight is 1090 g/mol. The third kappa shape index (κ3) is 33.5. The largest absolute Gasteiger partial charge is 0.394 e. The van der Waals surface area contributed by atoms with E-state index in [9.17, 15) is 45.6 Å². The molecule has 2 aliphatic heterocycles. The van der Waals surface area contributed by atoms with E-state index < -0.39 is 86.8 Å². The lowest BCUT2D eigenvalue weighted by Gasteiger charge is -2.46. The van der Waals surface area contributed by atoms with Gasteiger partial charge in [0.2, 0.25) is 5.91 Å². The van der Waals surface area contributed by atoms with Crippen LogP contribution in [0.4, 0.5) is 0 Å². The summed E-state index contributed by atoms with van der Waals surface area (Å²) in [5, 5.41) is 86.9. The van der Waals surface area contributed by atoms with Crippen molar-refractivity contribution in [1.29, 1.82) is 0 Å². The van der Waals surface area contributed by atoms with Crippen LogP contribution >= 0.6 is 0 Å². The number of carbonyl (C=O) groups excluding carboxylic acids is 1. The van der Waals surface area contributed by atoms with E-state index in [2.05, 4.69) is 92.1 Å². The number of hydrogen-bond acceptors (Lipinski definition) is 13. The summed E-state index contributed by atoms with van der Waals surface area (Å²) in [6, 6.07) is -0.934. The van der Waals surface area contributed by atoms with Crippen molar-refractivity contribution in [2.24, 2.45) is 0 Å². The first-order valence-corrected chi connectivity index (χ1v) is 30.3. The molecule has 1 amide bonds. The van der Waals surface area contributed by atoms with Crippen molar-refractivity contribution >= 4 is 5.91 Å². The number of carbonyl (C=O) groups is 1. The molecule has 2 rings (SSSR count). The Morgan fingerprint density at radius 1 is 0.481 bits per heavy atom. The summed E-state index contributed by atoms with van der Waals surface area (Å²) in [5.41, 5.74) is 0. The van der Waals surface area contributed by atoms with Crippen molar-refractivity contribution in [3.8, 4) is 0 Å². The molecule has 0 aromatic carbocycles. The number of hydrogen-bond donors (Lipinski definition) is 9. The molecule has 0 bridgehead atoms. The Labute approximate surface area is 465 Å². The van der Waals surface area contributed by atoms with Gasteiger partial charge in [0.25, 0.3) is 0 Å². The second kappa shape index (κ2) is 47.9. The van der Waals surface area contributed by atoms with Gasteiger partial charge in [0.1, 0.15) is 48.8 Å². The zero-order valence-corrected chi connectivity index (χ0v) is 47.7. The van der Waals surface area contributed by atoms with E-state index in [1.807, 2.05) is 6.08 Å². The van der Waals surface area contributed by atoms with Gasteiger partial charge in [0.05, 0.1) is 32.0 Å². The molecular weight excluding hydrogens is 979 g/mol. The van der Waals surface area contributed by atoms with Gasteiger partial charge in [-0.05, 0) is 77.0 Å². The molecule has 0 spiro atoms. The van der Waals surface area contributed by atoms with Crippen LogP contribution in [-0.2, 0) is 23.7 Å². The van der Waals surface area contributed by atoms with Crippen LogP contribution in [0.3, 0.4) is 0 Å². The fourth-order valence-electron chi connectivity index (χ4n) is 9.45. The smallest absolute Gasteiger partial charge is 0.220 e. The topological polar surface area (TPSA) is 228 Å². The number of unbranched alkanes of at least 4 members (excludes halogenated alkanes) is 22. The van der Waals surface area contributed by atoms with Crippen molar-refractivity contribution in [3.63, 3.8) is 0 Å². The SMILES string of the molecule is CC/C=C\C/C=C\C/C=C\C/C=C\C/C=C\CCCCCCCCCCCCCCCCCC(=O)NC(COC1OC(CO)C(OC2OC(CO)C(O)C(O)C2O)C(O)C1O)C(O)/C=C/CC/C=C/CCCCCCCC. The van der Waals surface area contributed by atoms with Crippen LogP contribution in [-0.4, -0.2) is 140 Å². The molecule has 0 aliphatic carbocycles. The lowest BCUT2D eigenvalue weighted by atomic mass is 9.97. The molecule has 12 atom stereocenters. The van der Waals surface area contributed by atoms with E-state index in [4.69, 9.17) is 18.9 Å². The summed E-state index contributed by atoms with van der Waals surface area (Å²) in [6.45, 7) is 2.63. The monoisotopic (exact) mass is 1090 g/mol. The minimum Gasteiger partial charge on any atom is -0.394 e. The van der Waals surface area contributed by atoms with Crippen LogP contribution in [0, 0.1) is 0 Å². The highest BCUT2D eigenvalue weighted by molar-refractivity contribution is 5.76. The van der Waals surface area contributed by atoms with Gasteiger partial charge in [-0.3, -0.25) is 4.79 Å². The van der Waals surface area contributed by atoms with Crippen LogP contribution in [0.2, 0.25) is 0 Å². The summed E-state index contributed by atoms with van der Waals surface area (Å²) < 4.78 is 22.7. The Bertz CT molecular complexity index is 1610. The zero-order chi connectivity index (χ0) is 56.0. The molecule has 2 aliphatic rings. The molecule has 14 heteroatoms. The average Bonchev–Trinajstić information content (AvgIpc) is 3.43. The van der Waals surface area contributed by atoms with E-state index in [1.54, 1.807) is 6.08 Å². The number of ether oxygens (including phenoxy) is 4. The molecule has 2 heterocycles. The van der Waals surface area contributed by atoms with Crippen molar-refractivity contribution < 1.29 is 64.6 Å². The standard InChI is InChI=1S/C63H109NO13/c1-3-5-7-9-11-13-15-17-18-19-20-21-22-23-24-25-26-27-28-29-30-31-32-33-34-35-37-39-41-43-45-47-55(68)64-51(52(67)46-44-42-40-38-36-16-14-12-10-8-6-4-2)50-74-62-60(73)58(71)61(54(49-66)76-62)77-63-59(72)57(70)56(69)53(48-65)75-63/h5,7,11,13,17-18,20-21,23-24,36,38,44,46,51-54,56-63,65-67,69-73H,3-4,6,8-10,12,14-16,19,22,25-35,37,39-43,45,47-50H2,1-2H3,(H,64,68)/b7-5-,13-11-,18-17-,21-20-,24-23-,38-36+,46-44+. The molecule has 0 aromatic heterocycles. The maximum atomic E-state index is 13.2. The number of rotatable bonds is 47. The molecule has 0 aromatic rings. The van der Waals surface area contributed by atoms with Crippen molar-refractivity contribution in [2.45, 2.75) is 286 Å². The molecule has 2 saturated heterocycles. The predicted octanol–water partition coefficient (Wildman–Crippen LogP) is 10.5. The maximum Gasteiger partial charge on any atom is 0.220 e. The highest BCUT2D eigenvalue weighted by atomic mass is 16.7. The van der Waals surface area contributed by atoms with Crippen LogP contribution in [0.1, 0.15) is 213 Å². The molecule has 14 nitrogen and oxygen atoms in total. The molecule has 9 N–H and O–H groups in total. The fourth-order valence-corrected chi connectivity index (χ4v) is 9.45. The van der Waals surface area contributed by atoms with E-state index in [1.165, 1.54) is 116 Å². The molecule has 0 saturated carbocycles. The van der Waals surface area contributed by atoms with Gasteiger partial charge in [0, 0.05) is 6.42 Å². The van der Waals surface area contributed by atoms with Crippen molar-refractivity contribution in [1.82, 2.24) is 5.32 Å². The van der Waals surface area contributed by atoms with Gasteiger partial charge in [0.15, 0.2) is 12.6 Å². The van der Waals surface area contributed by atoms with Crippen LogP contribution < -0.4 is 5.32 Å². The minimum atomic E-state index is -1.79. The van der Waals surface area contributed by atoms with E-state index in [0.717, 1.165) is 64.2 Å². The zero-order valence-electron chi connectivity index (χ0n) is 47.7. The van der Waals surface area contributed by atoms with E-state index in [0.29, 0.717) is 12.8 Å². The highest BCUT2D eigenvalue weighted by Crippen LogP contribution is 2.30. The number of amides is 1. The van der Waals surface area contributed by atoms with Gasteiger partial charge in [-0.1, -0.05) is 214 Å². The number of aliphatic hydroxyl groups is 8. The van der Waals surface area contributed by atoms with Gasteiger partial charge >= 0.3 is 0 Å². The number of nitrogens with one attached hydrogen (secondary N) is 1. The Morgan fingerprint density at radius 2 is 0.909 bits per heavy atom. The number of aliphatic hydroxyl groups excluding tert-OH is 8. The molecule has 0 radical (unpaired) electrons. The van der Waals surface area contributed by atoms with Gasteiger partial charge < -0.3 is 65.1 Å². The van der Waals surface area contributed by atoms with Gasteiger partial charge in [-0.25, -0.2) is 0 Å². The highest BCUT2D eigenvalue weighted by Gasteiger charge is 2.51. The first kappa shape index (κ1) is 70.3. The van der Waals surface area contributed by atoms with Crippen molar-refractivity contribution in [2.75, 3.05) is 19.8 Å². The third-order valence-electron chi connectivity index (χ3n) is 14.3. The normalized spacial score (nSPS) is 25.3. The first-order valence-electron chi connectivity index (χ1n) is 30.3. The lowest BCUT2D eigenvalue weighted by Crippen LogP contribution is -2.65. The Balaban J connectivity index is 1.67. The summed E-state index contributed by atoms with van der Waals surface area (Å²) in [7, 11) is 0. The molecule has 77 heavy (non-hydrogen) atoms. The summed E-state index contributed by atoms with van der Waals surface area (Å²) in [5.74, 6) is -0.253. The minimum absolute atomic E-state index is 0.253. The summed E-state index contributed by atoms with van der Waals surface area (Å²) in [4.78, 5) is 13.2. The Kier molecular flexibility index (Phi) is 43.7. The molecular formula is C63H109NO13. The maximum absolute atomic E-state index is 13.2.